The van der Waals surface area contributed by atoms with Gasteiger partial charge >= 0.3 is 7.82 Å². The maximum Gasteiger partial charge on any atom is 0.472 e. The van der Waals surface area contributed by atoms with E-state index in [1.54, 1.807) is 0 Å². The molecule has 0 aromatic rings. The quantitative estimate of drug-likeness (QED) is 0.0865. The molecular formula is C21H39O21P. The predicted octanol–water partition coefficient (Wildman–Crippen LogP) is -8.69. The van der Waals surface area contributed by atoms with Crippen molar-refractivity contribution in [3.63, 3.8) is 0 Å². The molecule has 21 nitrogen and oxygen atoms in total. The van der Waals surface area contributed by atoms with Crippen LogP contribution in [0.4, 0.5) is 0 Å². The summed E-state index contributed by atoms with van der Waals surface area (Å²) in [6.45, 7) is -3.70. The van der Waals surface area contributed by atoms with Crippen molar-refractivity contribution in [2.24, 2.45) is 0 Å². The van der Waals surface area contributed by atoms with Crippen LogP contribution in [0.3, 0.4) is 0 Å². The molecule has 0 aromatic heterocycles. The third-order valence-corrected chi connectivity index (χ3v) is 8.18. The third kappa shape index (κ3) is 8.24. The highest BCUT2D eigenvalue weighted by atomic mass is 31.2. The average molecular weight is 658 g/mol. The van der Waals surface area contributed by atoms with E-state index in [0.717, 1.165) is 0 Å². The number of rotatable bonds is 12. The van der Waals surface area contributed by atoms with Gasteiger partial charge in [0.1, 0.15) is 91.6 Å². The van der Waals surface area contributed by atoms with E-state index in [1.807, 2.05) is 0 Å². The van der Waals surface area contributed by atoms with E-state index >= 15 is 0 Å². The molecule has 18 atom stereocenters. The number of hydrogen-bond acceptors (Lipinski definition) is 20. The van der Waals surface area contributed by atoms with Gasteiger partial charge in [-0.15, -0.1) is 0 Å². The Morgan fingerprint density at radius 3 is 1.37 bits per heavy atom. The van der Waals surface area contributed by atoms with Gasteiger partial charge in [-0.05, 0) is 0 Å². The first kappa shape index (κ1) is 36.9. The van der Waals surface area contributed by atoms with E-state index < -0.39 is 138 Å². The lowest BCUT2D eigenvalue weighted by Gasteiger charge is -2.49. The Hall–Kier alpha value is -0.570. The topological polar surface area (TPSA) is 356 Å². The van der Waals surface area contributed by atoms with Crippen molar-refractivity contribution in [2.75, 3.05) is 26.4 Å². The number of aliphatic hydroxyl groups is 13. The molecule has 0 radical (unpaired) electrons. The van der Waals surface area contributed by atoms with Crippen LogP contribution in [0.5, 0.6) is 0 Å². The van der Waals surface area contributed by atoms with Crippen LogP contribution in [-0.4, -0.2) is 202 Å². The van der Waals surface area contributed by atoms with Gasteiger partial charge in [-0.25, -0.2) is 4.57 Å². The van der Waals surface area contributed by atoms with Crippen molar-refractivity contribution in [1.29, 1.82) is 0 Å². The van der Waals surface area contributed by atoms with Crippen LogP contribution in [0.1, 0.15) is 0 Å². The average Bonchev–Trinajstić information content (AvgIpc) is 2.98. The van der Waals surface area contributed by atoms with Crippen molar-refractivity contribution in [3.8, 4) is 0 Å². The highest BCUT2D eigenvalue weighted by Crippen LogP contribution is 2.48. The molecule has 3 rings (SSSR count). The molecule has 1 saturated carbocycles. The van der Waals surface area contributed by atoms with Crippen LogP contribution in [0.2, 0.25) is 0 Å². The fourth-order valence-corrected chi connectivity index (χ4v) is 5.66. The number of ether oxygens (including phenoxy) is 4. The molecule has 0 bridgehead atoms. The van der Waals surface area contributed by atoms with E-state index in [2.05, 4.69) is 4.52 Å². The smallest absolute Gasteiger partial charge is 0.394 e. The lowest BCUT2D eigenvalue weighted by atomic mass is 9.84. The Morgan fingerprint density at radius 2 is 1.00 bits per heavy atom. The first-order valence-corrected chi connectivity index (χ1v) is 14.5. The van der Waals surface area contributed by atoms with Crippen LogP contribution < -0.4 is 0 Å². The molecule has 0 aromatic carbocycles. The standard InChI is InChI=1S/C21H39O21P/c22-1-5(25)4-37-43(35,36)42-19-17(40-20-15(33)10(28)8(26)6(2-23)38-20)13(31)12(30)14(32)18(19)41-21-16(34)11(29)9(27)7(3-24)39-21/h5-34H,1-4H2,(H,35,36)/t5?,6-,7-,8-,9-,10+,11+,12?,13-,14+,15+,16+,17+,18+,19?,20-,21-/m1/s1. The summed E-state index contributed by atoms with van der Waals surface area (Å²) in [7, 11) is -5.39. The van der Waals surface area contributed by atoms with Gasteiger partial charge in [0.25, 0.3) is 0 Å². The van der Waals surface area contributed by atoms with Gasteiger partial charge in [-0.2, -0.15) is 0 Å². The largest absolute Gasteiger partial charge is 0.472 e. The van der Waals surface area contributed by atoms with Gasteiger partial charge in [-0.1, -0.05) is 0 Å². The molecule has 254 valence electrons. The summed E-state index contributed by atoms with van der Waals surface area (Å²) >= 11 is 0. The molecule has 0 amide bonds. The minimum atomic E-state index is -5.39. The molecule has 2 heterocycles. The van der Waals surface area contributed by atoms with Crippen LogP contribution >= 0.6 is 7.82 Å². The monoisotopic (exact) mass is 658 g/mol. The minimum absolute atomic E-state index is 0.904. The van der Waals surface area contributed by atoms with E-state index in [4.69, 9.17) is 28.6 Å². The first-order valence-electron chi connectivity index (χ1n) is 13.0. The van der Waals surface area contributed by atoms with Crippen molar-refractivity contribution in [1.82, 2.24) is 0 Å². The van der Waals surface area contributed by atoms with Gasteiger partial charge < -0.3 is 90.2 Å². The van der Waals surface area contributed by atoms with Crippen molar-refractivity contribution >= 4 is 7.82 Å². The SMILES string of the molecule is O=P(O)(OCC(O)CO)OC1[C@@H](O[C@H]2O[C@H](CO)[C@@H](O)[C@H](O)[C@@H]2O)[C@H](O)C(O)[C@H](O)[C@@H]1O[C@H]1O[C@H](CO)[C@@H](O)[C@H](O)[C@@H]1O. The molecule has 43 heavy (non-hydrogen) atoms. The first-order chi connectivity index (χ1) is 20.1. The van der Waals surface area contributed by atoms with E-state index in [1.165, 1.54) is 0 Å². The Balaban J connectivity index is 1.98. The van der Waals surface area contributed by atoms with Crippen LogP contribution in [0.25, 0.3) is 0 Å². The number of phosphoric ester groups is 1. The van der Waals surface area contributed by atoms with Crippen molar-refractivity contribution in [2.45, 2.75) is 104 Å². The van der Waals surface area contributed by atoms with Gasteiger partial charge in [0.15, 0.2) is 12.6 Å². The van der Waals surface area contributed by atoms with Crippen LogP contribution in [0, 0.1) is 0 Å². The van der Waals surface area contributed by atoms with Crippen LogP contribution in [0.15, 0.2) is 0 Å². The molecule has 22 heteroatoms. The molecule has 2 saturated heterocycles. The number of phosphoric acid groups is 1. The fourth-order valence-electron chi connectivity index (χ4n) is 4.69. The molecule has 4 unspecified atom stereocenters. The van der Waals surface area contributed by atoms with Crippen molar-refractivity contribution in [3.05, 3.63) is 0 Å². The maximum absolute atomic E-state index is 12.8. The molecule has 3 fully saturated rings. The van der Waals surface area contributed by atoms with Gasteiger partial charge in [0.05, 0.1) is 26.4 Å². The van der Waals surface area contributed by atoms with Gasteiger partial charge in [0, 0.05) is 0 Å². The second kappa shape index (κ2) is 15.3. The summed E-state index contributed by atoms with van der Waals surface area (Å²) in [6, 6.07) is 0. The summed E-state index contributed by atoms with van der Waals surface area (Å²) in [6.07, 6.45) is -34.2. The molecule has 1 aliphatic carbocycles. The minimum Gasteiger partial charge on any atom is -0.394 e. The Bertz CT molecular complexity index is 860. The normalized spacial score (nSPS) is 48.0. The lowest BCUT2D eigenvalue weighted by Crippen LogP contribution is -2.69. The second-order valence-corrected chi connectivity index (χ2v) is 11.6. The van der Waals surface area contributed by atoms with E-state index in [0.29, 0.717) is 0 Å². The van der Waals surface area contributed by atoms with Crippen molar-refractivity contribution < 1.29 is 104 Å². The lowest BCUT2D eigenvalue weighted by molar-refractivity contribution is -0.360. The number of aliphatic hydroxyl groups excluding tert-OH is 13. The third-order valence-electron chi connectivity index (χ3n) is 7.20. The summed E-state index contributed by atoms with van der Waals surface area (Å²) in [4.78, 5) is 10.3. The Morgan fingerprint density at radius 1 is 0.605 bits per heavy atom. The zero-order valence-electron chi connectivity index (χ0n) is 22.2. The molecular weight excluding hydrogens is 619 g/mol. The Kier molecular flexibility index (Phi) is 13.2. The molecule has 14 N–H and O–H groups in total. The second-order valence-electron chi connectivity index (χ2n) is 10.2. The summed E-state index contributed by atoms with van der Waals surface area (Å²) in [5.74, 6) is 0. The van der Waals surface area contributed by atoms with Gasteiger partial charge in [0.2, 0.25) is 0 Å². The van der Waals surface area contributed by atoms with E-state index in [9.17, 15) is 70.7 Å². The zero-order chi connectivity index (χ0) is 32.4. The fraction of sp³-hybridized carbons (Fsp3) is 1.00. The predicted molar refractivity (Wildman–Crippen MR) is 129 cm³/mol. The van der Waals surface area contributed by atoms with E-state index in [-0.39, 0.29) is 0 Å². The molecule has 0 spiro atoms. The summed E-state index contributed by atoms with van der Waals surface area (Å²) in [5.41, 5.74) is 0. The zero-order valence-corrected chi connectivity index (χ0v) is 23.1. The van der Waals surface area contributed by atoms with Crippen LogP contribution in [-0.2, 0) is 32.6 Å². The highest BCUT2D eigenvalue weighted by molar-refractivity contribution is 7.47. The summed E-state index contributed by atoms with van der Waals surface area (Å²) in [5, 5.41) is 131. The maximum atomic E-state index is 12.8. The van der Waals surface area contributed by atoms with Gasteiger partial charge in [-0.3, -0.25) is 9.05 Å². The summed E-state index contributed by atoms with van der Waals surface area (Å²) < 4.78 is 43.8. The highest BCUT2D eigenvalue weighted by Gasteiger charge is 2.58. The molecule has 3 aliphatic rings. The Labute approximate surface area is 242 Å². The number of hydrogen-bond donors (Lipinski definition) is 14. The molecule has 2 aliphatic heterocycles.